The van der Waals surface area contributed by atoms with Gasteiger partial charge in [0.25, 0.3) is 5.91 Å². The van der Waals surface area contributed by atoms with E-state index in [1.807, 2.05) is 31.2 Å². The fraction of sp³-hybridized carbons (Fsp3) is 0.417. The molecular weight excluding hydrogens is 380 g/mol. The van der Waals surface area contributed by atoms with Gasteiger partial charge in [-0.15, -0.1) is 0 Å². The van der Waals surface area contributed by atoms with Crippen LogP contribution in [0.1, 0.15) is 61.5 Å². The van der Waals surface area contributed by atoms with Crippen LogP contribution in [0.3, 0.4) is 0 Å². The van der Waals surface area contributed by atoms with Gasteiger partial charge in [-0.25, -0.2) is 0 Å². The van der Waals surface area contributed by atoms with E-state index in [1.165, 1.54) is 0 Å². The average molecular weight is 413 g/mol. The Bertz CT molecular complexity index is 808. The van der Waals surface area contributed by atoms with Crippen LogP contribution in [0.15, 0.2) is 48.5 Å². The lowest BCUT2D eigenvalue weighted by Gasteiger charge is -2.17. The summed E-state index contributed by atoms with van der Waals surface area (Å²) in [4.78, 5) is 24.3. The number of hydrogen-bond donors (Lipinski definition) is 2. The van der Waals surface area contributed by atoms with Crippen molar-refractivity contribution in [2.24, 2.45) is 0 Å². The molecule has 0 aliphatic heterocycles. The van der Waals surface area contributed by atoms with E-state index < -0.39 is 0 Å². The summed E-state index contributed by atoms with van der Waals surface area (Å²) in [5.74, 6) is 1.05. The molecule has 2 aromatic rings. The number of unbranched alkanes of at least 4 members (excludes halogenated alkanes) is 2. The second kappa shape index (κ2) is 12.5. The van der Waals surface area contributed by atoms with E-state index in [0.717, 1.165) is 24.8 Å². The van der Waals surface area contributed by atoms with Crippen LogP contribution in [0.4, 0.5) is 0 Å². The van der Waals surface area contributed by atoms with Crippen LogP contribution in [0.25, 0.3) is 0 Å². The summed E-state index contributed by atoms with van der Waals surface area (Å²) in [5.41, 5.74) is 1.50. The maximum Gasteiger partial charge on any atom is 0.251 e. The molecule has 30 heavy (non-hydrogen) atoms. The van der Waals surface area contributed by atoms with E-state index in [2.05, 4.69) is 17.6 Å². The molecule has 0 radical (unpaired) electrons. The average Bonchev–Trinajstić information content (AvgIpc) is 2.77. The normalized spacial score (nSPS) is 11.4. The van der Waals surface area contributed by atoms with Crippen LogP contribution in [0.5, 0.6) is 11.5 Å². The largest absolute Gasteiger partial charge is 0.493 e. The summed E-state index contributed by atoms with van der Waals surface area (Å²) in [6.45, 7) is 5.00. The Hall–Kier alpha value is -3.02. The monoisotopic (exact) mass is 412 g/mol. The van der Waals surface area contributed by atoms with Crippen LogP contribution >= 0.6 is 0 Å². The highest BCUT2D eigenvalue weighted by Gasteiger charge is 2.13. The van der Waals surface area contributed by atoms with Crippen molar-refractivity contribution in [3.63, 3.8) is 0 Å². The van der Waals surface area contributed by atoms with Gasteiger partial charge in [0.1, 0.15) is 0 Å². The highest BCUT2D eigenvalue weighted by Crippen LogP contribution is 2.30. The van der Waals surface area contributed by atoms with Crippen LogP contribution in [-0.2, 0) is 4.79 Å². The minimum atomic E-state index is -0.189. The molecule has 0 spiro atoms. The fourth-order valence-electron chi connectivity index (χ4n) is 2.99. The Morgan fingerprint density at radius 2 is 1.80 bits per heavy atom. The van der Waals surface area contributed by atoms with Gasteiger partial charge in [-0.3, -0.25) is 9.59 Å². The van der Waals surface area contributed by atoms with Crippen LogP contribution < -0.4 is 20.1 Å². The summed E-state index contributed by atoms with van der Waals surface area (Å²) >= 11 is 0. The first kappa shape index (κ1) is 23.3. The first-order valence-electron chi connectivity index (χ1n) is 10.5. The zero-order valence-electron chi connectivity index (χ0n) is 18.1. The van der Waals surface area contributed by atoms with Crippen molar-refractivity contribution in [3.8, 4) is 11.5 Å². The predicted molar refractivity (Wildman–Crippen MR) is 118 cm³/mol. The van der Waals surface area contributed by atoms with Crippen molar-refractivity contribution >= 4 is 11.8 Å². The second-order valence-electron chi connectivity index (χ2n) is 7.13. The molecule has 6 nitrogen and oxygen atoms in total. The number of carbonyl (C=O) groups is 2. The number of benzene rings is 2. The lowest BCUT2D eigenvalue weighted by atomic mass is 10.1. The van der Waals surface area contributed by atoms with Gasteiger partial charge in [0.05, 0.1) is 19.8 Å². The second-order valence-corrected chi connectivity index (χ2v) is 7.13. The van der Waals surface area contributed by atoms with Gasteiger partial charge in [-0.05, 0) is 43.2 Å². The molecule has 1 unspecified atom stereocenters. The van der Waals surface area contributed by atoms with Crippen molar-refractivity contribution in [2.75, 3.05) is 20.3 Å². The zero-order chi connectivity index (χ0) is 21.8. The Kier molecular flexibility index (Phi) is 9.71. The number of hydrogen-bond acceptors (Lipinski definition) is 4. The quantitative estimate of drug-likeness (QED) is 0.511. The maximum absolute atomic E-state index is 12.3. The molecule has 0 fully saturated rings. The van der Waals surface area contributed by atoms with Crippen molar-refractivity contribution in [1.29, 1.82) is 0 Å². The van der Waals surface area contributed by atoms with E-state index >= 15 is 0 Å². The molecule has 0 saturated heterocycles. The summed E-state index contributed by atoms with van der Waals surface area (Å²) in [5, 5.41) is 5.71. The minimum Gasteiger partial charge on any atom is -0.493 e. The molecule has 0 saturated carbocycles. The third kappa shape index (κ3) is 7.43. The molecule has 1 atom stereocenters. The van der Waals surface area contributed by atoms with E-state index in [-0.39, 0.29) is 30.8 Å². The first-order chi connectivity index (χ1) is 14.5. The number of ether oxygens (including phenoxy) is 2. The lowest BCUT2D eigenvalue weighted by molar-refractivity contribution is -0.121. The molecule has 0 aromatic heterocycles. The summed E-state index contributed by atoms with van der Waals surface area (Å²) < 4.78 is 11.3. The number of nitrogens with one attached hydrogen (secondary N) is 2. The Labute approximate surface area is 179 Å². The third-order valence-electron chi connectivity index (χ3n) is 4.74. The Morgan fingerprint density at radius 3 is 2.50 bits per heavy atom. The highest BCUT2D eigenvalue weighted by atomic mass is 16.5. The summed E-state index contributed by atoms with van der Waals surface area (Å²) in [6, 6.07) is 14.4. The number of methoxy groups -OCH3 is 1. The van der Waals surface area contributed by atoms with Gasteiger partial charge in [0.2, 0.25) is 5.91 Å². The molecule has 2 rings (SSSR count). The smallest absolute Gasteiger partial charge is 0.251 e. The summed E-state index contributed by atoms with van der Waals surface area (Å²) in [6.07, 6.45) is 3.50. The zero-order valence-corrected chi connectivity index (χ0v) is 18.1. The molecule has 0 bridgehead atoms. The molecule has 162 valence electrons. The van der Waals surface area contributed by atoms with Crippen molar-refractivity contribution in [1.82, 2.24) is 10.6 Å². The van der Waals surface area contributed by atoms with E-state index in [0.29, 0.717) is 23.7 Å². The molecule has 0 heterocycles. The van der Waals surface area contributed by atoms with Crippen LogP contribution in [0, 0.1) is 0 Å². The Balaban J connectivity index is 1.81. The van der Waals surface area contributed by atoms with Gasteiger partial charge in [-0.1, -0.05) is 44.0 Å². The molecule has 0 aliphatic carbocycles. The summed E-state index contributed by atoms with van der Waals surface area (Å²) in [7, 11) is 1.61. The fourth-order valence-corrected chi connectivity index (χ4v) is 2.99. The molecular formula is C24H32N2O4. The van der Waals surface area contributed by atoms with E-state index in [9.17, 15) is 9.59 Å². The topological polar surface area (TPSA) is 76.7 Å². The SMILES string of the molecule is CCCCCOc1ccc(C(C)NC(=O)CCNC(=O)c2ccccc2)cc1OC. The first-order valence-corrected chi connectivity index (χ1v) is 10.5. The van der Waals surface area contributed by atoms with E-state index in [1.54, 1.807) is 31.4 Å². The highest BCUT2D eigenvalue weighted by molar-refractivity contribution is 5.94. The third-order valence-corrected chi connectivity index (χ3v) is 4.74. The van der Waals surface area contributed by atoms with Gasteiger partial charge in [-0.2, -0.15) is 0 Å². The van der Waals surface area contributed by atoms with Crippen molar-refractivity contribution < 1.29 is 19.1 Å². The van der Waals surface area contributed by atoms with Crippen molar-refractivity contribution in [3.05, 3.63) is 59.7 Å². The maximum atomic E-state index is 12.3. The molecule has 6 heteroatoms. The Morgan fingerprint density at radius 1 is 1.03 bits per heavy atom. The van der Waals surface area contributed by atoms with Gasteiger partial charge in [0, 0.05) is 18.5 Å². The van der Waals surface area contributed by atoms with Crippen molar-refractivity contribution in [2.45, 2.75) is 45.6 Å². The van der Waals surface area contributed by atoms with Gasteiger partial charge >= 0.3 is 0 Å². The van der Waals surface area contributed by atoms with Gasteiger partial charge < -0.3 is 20.1 Å². The molecule has 2 aromatic carbocycles. The predicted octanol–water partition coefficient (Wildman–Crippen LogP) is 4.26. The van der Waals surface area contributed by atoms with Crippen LogP contribution in [-0.4, -0.2) is 32.1 Å². The number of rotatable bonds is 12. The number of amides is 2. The van der Waals surface area contributed by atoms with Gasteiger partial charge in [0.15, 0.2) is 11.5 Å². The standard InChI is InChI=1S/C24H32N2O4/c1-4-5-9-16-30-21-13-12-20(17-22(21)29-3)18(2)26-23(27)14-15-25-24(28)19-10-7-6-8-11-19/h6-8,10-13,17-18H,4-5,9,14-16H2,1-3H3,(H,25,28)(H,26,27). The molecule has 2 N–H and O–H groups in total. The van der Waals surface area contributed by atoms with Crippen LogP contribution in [0.2, 0.25) is 0 Å². The molecule has 2 amide bonds. The number of carbonyl (C=O) groups excluding carboxylic acids is 2. The molecule has 0 aliphatic rings. The minimum absolute atomic E-state index is 0.130. The lowest BCUT2D eigenvalue weighted by Crippen LogP contribution is -2.32. The van der Waals surface area contributed by atoms with E-state index in [4.69, 9.17) is 9.47 Å².